The minimum atomic E-state index is -0.483. The molecule has 0 atom stereocenters. The van der Waals surface area contributed by atoms with E-state index in [2.05, 4.69) is 0 Å². The quantitative estimate of drug-likeness (QED) is 0.619. The summed E-state index contributed by atoms with van der Waals surface area (Å²) < 4.78 is 10.3. The first-order valence-corrected chi connectivity index (χ1v) is 6.09. The molecule has 0 aliphatic heterocycles. The Hall–Kier alpha value is -2.62. The molecule has 2 aromatic rings. The van der Waals surface area contributed by atoms with Gasteiger partial charge in [-0.1, -0.05) is 36.4 Å². The Kier molecular flexibility index (Phi) is 4.50. The third-order valence-corrected chi connectivity index (χ3v) is 2.79. The number of hydrogen-bond donors (Lipinski definition) is 0. The lowest BCUT2D eigenvalue weighted by molar-refractivity contribution is 0.0469. The molecule has 0 aromatic heterocycles. The molecule has 0 unspecified atom stereocenters. The maximum absolute atomic E-state index is 12.0. The lowest BCUT2D eigenvalue weighted by atomic mass is 10.1. The van der Waals surface area contributed by atoms with E-state index in [1.165, 1.54) is 19.2 Å². The highest BCUT2D eigenvalue weighted by atomic mass is 16.5. The summed E-state index contributed by atoms with van der Waals surface area (Å²) in [6.45, 7) is 0.193. The van der Waals surface area contributed by atoms with Gasteiger partial charge in [-0.2, -0.15) is 0 Å². The molecule has 0 aliphatic rings. The number of carbonyl (C=O) groups is 2. The van der Waals surface area contributed by atoms with Crippen molar-refractivity contribution in [1.29, 1.82) is 0 Å². The Bertz CT molecular complexity index is 605. The fourth-order valence-corrected chi connectivity index (χ4v) is 1.75. The van der Waals surface area contributed by atoms with Crippen LogP contribution < -0.4 is 4.74 Å². The molecule has 2 rings (SSSR count). The second-order valence-electron chi connectivity index (χ2n) is 4.14. The molecule has 0 radical (unpaired) electrons. The second kappa shape index (κ2) is 6.52. The van der Waals surface area contributed by atoms with Crippen LogP contribution in [0, 0.1) is 0 Å². The number of ether oxygens (including phenoxy) is 2. The van der Waals surface area contributed by atoms with Crippen LogP contribution in [0.5, 0.6) is 5.75 Å². The third kappa shape index (κ3) is 3.23. The van der Waals surface area contributed by atoms with Gasteiger partial charge in [0.25, 0.3) is 0 Å². The SMILES string of the molecule is COc1cc(C=O)ccc1C(=O)OCc1ccccc1. The molecule has 0 heterocycles. The van der Waals surface area contributed by atoms with Gasteiger partial charge in [0.15, 0.2) is 0 Å². The molecule has 0 amide bonds. The molecule has 0 N–H and O–H groups in total. The number of rotatable bonds is 5. The molecule has 4 nitrogen and oxygen atoms in total. The van der Waals surface area contributed by atoms with Crippen molar-refractivity contribution in [3.63, 3.8) is 0 Å². The molecular formula is C16H14O4. The normalized spacial score (nSPS) is 9.85. The van der Waals surface area contributed by atoms with Crippen LogP contribution in [0.15, 0.2) is 48.5 Å². The van der Waals surface area contributed by atoms with E-state index in [0.717, 1.165) is 5.56 Å². The number of hydrogen-bond acceptors (Lipinski definition) is 4. The highest BCUT2D eigenvalue weighted by molar-refractivity contribution is 5.93. The Balaban J connectivity index is 2.11. The van der Waals surface area contributed by atoms with Gasteiger partial charge in [0.2, 0.25) is 0 Å². The summed E-state index contributed by atoms with van der Waals surface area (Å²) in [5.74, 6) is -0.157. The zero-order chi connectivity index (χ0) is 14.4. The van der Waals surface area contributed by atoms with Crippen molar-refractivity contribution in [2.24, 2.45) is 0 Å². The van der Waals surface area contributed by atoms with Crippen molar-refractivity contribution < 1.29 is 19.1 Å². The van der Waals surface area contributed by atoms with Gasteiger partial charge in [-0.25, -0.2) is 4.79 Å². The van der Waals surface area contributed by atoms with Gasteiger partial charge in [-0.3, -0.25) is 4.79 Å². The summed E-state index contributed by atoms with van der Waals surface area (Å²) >= 11 is 0. The fraction of sp³-hybridized carbons (Fsp3) is 0.125. The third-order valence-electron chi connectivity index (χ3n) is 2.79. The second-order valence-corrected chi connectivity index (χ2v) is 4.14. The van der Waals surface area contributed by atoms with Crippen LogP contribution in [0.1, 0.15) is 26.3 Å². The van der Waals surface area contributed by atoms with Crippen molar-refractivity contribution in [3.8, 4) is 5.75 Å². The topological polar surface area (TPSA) is 52.6 Å². The highest BCUT2D eigenvalue weighted by Crippen LogP contribution is 2.21. The molecule has 20 heavy (non-hydrogen) atoms. The largest absolute Gasteiger partial charge is 0.496 e. The van der Waals surface area contributed by atoms with Gasteiger partial charge in [-0.05, 0) is 17.7 Å². The van der Waals surface area contributed by atoms with E-state index in [-0.39, 0.29) is 6.61 Å². The Morgan fingerprint density at radius 3 is 2.55 bits per heavy atom. The monoisotopic (exact) mass is 270 g/mol. The van der Waals surface area contributed by atoms with E-state index in [1.54, 1.807) is 6.07 Å². The van der Waals surface area contributed by atoms with Crippen LogP contribution in [0.25, 0.3) is 0 Å². The predicted octanol–water partition coefficient (Wildman–Crippen LogP) is 2.86. The minimum absolute atomic E-state index is 0.193. The fourth-order valence-electron chi connectivity index (χ4n) is 1.75. The number of aldehydes is 1. The van der Waals surface area contributed by atoms with E-state index in [9.17, 15) is 9.59 Å². The van der Waals surface area contributed by atoms with Crippen molar-refractivity contribution in [1.82, 2.24) is 0 Å². The molecule has 0 aliphatic carbocycles. The van der Waals surface area contributed by atoms with E-state index in [4.69, 9.17) is 9.47 Å². The summed E-state index contributed by atoms with van der Waals surface area (Å²) in [6, 6.07) is 14.0. The molecule has 0 saturated carbocycles. The van der Waals surface area contributed by atoms with Gasteiger partial charge in [0, 0.05) is 5.56 Å². The summed E-state index contributed by atoms with van der Waals surface area (Å²) in [5.41, 5.74) is 1.65. The highest BCUT2D eigenvalue weighted by Gasteiger charge is 2.14. The maximum atomic E-state index is 12.0. The average molecular weight is 270 g/mol. The number of methoxy groups -OCH3 is 1. The summed E-state index contributed by atoms with van der Waals surface area (Å²) in [5, 5.41) is 0. The number of benzene rings is 2. The van der Waals surface area contributed by atoms with Gasteiger partial charge in [-0.15, -0.1) is 0 Å². The minimum Gasteiger partial charge on any atom is -0.496 e. The first-order valence-electron chi connectivity index (χ1n) is 6.09. The van der Waals surface area contributed by atoms with E-state index < -0.39 is 5.97 Å². The van der Waals surface area contributed by atoms with Crippen LogP contribution in [0.2, 0.25) is 0 Å². The lowest BCUT2D eigenvalue weighted by Gasteiger charge is -2.09. The Labute approximate surface area is 116 Å². The Morgan fingerprint density at radius 1 is 1.15 bits per heavy atom. The molecule has 0 fully saturated rings. The van der Waals surface area contributed by atoms with Crippen molar-refractivity contribution in [2.45, 2.75) is 6.61 Å². The van der Waals surface area contributed by atoms with Crippen molar-refractivity contribution >= 4 is 12.3 Å². The predicted molar refractivity (Wildman–Crippen MR) is 73.9 cm³/mol. The zero-order valence-electron chi connectivity index (χ0n) is 11.0. The van der Waals surface area contributed by atoms with Crippen LogP contribution in [0.3, 0.4) is 0 Å². The van der Waals surface area contributed by atoms with Crippen LogP contribution in [-0.2, 0) is 11.3 Å². The van der Waals surface area contributed by atoms with Gasteiger partial charge >= 0.3 is 5.97 Å². The van der Waals surface area contributed by atoms with Gasteiger partial charge in [0.05, 0.1) is 7.11 Å². The number of esters is 1. The van der Waals surface area contributed by atoms with Gasteiger partial charge in [0.1, 0.15) is 24.2 Å². The zero-order valence-corrected chi connectivity index (χ0v) is 11.0. The molecule has 0 saturated heterocycles. The summed E-state index contributed by atoms with van der Waals surface area (Å²) in [7, 11) is 1.44. The number of carbonyl (C=O) groups excluding carboxylic acids is 2. The van der Waals surface area contributed by atoms with Crippen LogP contribution >= 0.6 is 0 Å². The van der Waals surface area contributed by atoms with Crippen molar-refractivity contribution in [3.05, 3.63) is 65.2 Å². The van der Waals surface area contributed by atoms with E-state index >= 15 is 0 Å². The Morgan fingerprint density at radius 2 is 1.90 bits per heavy atom. The first-order chi connectivity index (χ1) is 9.74. The standard InChI is InChI=1S/C16H14O4/c1-19-15-9-13(10-17)7-8-14(15)16(18)20-11-12-5-3-2-4-6-12/h2-10H,11H2,1H3. The first kappa shape index (κ1) is 13.8. The molecular weight excluding hydrogens is 256 g/mol. The smallest absolute Gasteiger partial charge is 0.342 e. The molecule has 0 bridgehead atoms. The van der Waals surface area contributed by atoms with Crippen LogP contribution in [0.4, 0.5) is 0 Å². The summed E-state index contributed by atoms with van der Waals surface area (Å²) in [4.78, 5) is 22.7. The van der Waals surface area contributed by atoms with Crippen molar-refractivity contribution in [2.75, 3.05) is 7.11 Å². The molecule has 102 valence electrons. The van der Waals surface area contributed by atoms with Crippen LogP contribution in [-0.4, -0.2) is 19.4 Å². The van der Waals surface area contributed by atoms with Gasteiger partial charge < -0.3 is 9.47 Å². The summed E-state index contributed by atoms with van der Waals surface area (Å²) in [6.07, 6.45) is 0.696. The average Bonchev–Trinajstić information content (AvgIpc) is 2.52. The maximum Gasteiger partial charge on any atom is 0.342 e. The molecule has 4 heteroatoms. The van der Waals surface area contributed by atoms with E-state index in [0.29, 0.717) is 23.2 Å². The lowest BCUT2D eigenvalue weighted by Crippen LogP contribution is -2.07. The molecule has 0 spiro atoms. The van der Waals surface area contributed by atoms with E-state index in [1.807, 2.05) is 30.3 Å². The molecule has 2 aromatic carbocycles.